The van der Waals surface area contributed by atoms with Gasteiger partial charge in [0.15, 0.2) is 0 Å². The van der Waals surface area contributed by atoms with Crippen LogP contribution in [0.4, 0.5) is 5.69 Å². The fourth-order valence-corrected chi connectivity index (χ4v) is 0.872. The Bertz CT molecular complexity index is 292. The highest BCUT2D eigenvalue weighted by Crippen LogP contribution is 2.19. The summed E-state index contributed by atoms with van der Waals surface area (Å²) in [6, 6.07) is 5.98. The molecule has 0 bridgehead atoms. The zero-order valence-electron chi connectivity index (χ0n) is 7.48. The van der Waals surface area contributed by atoms with Crippen LogP contribution in [0.1, 0.15) is 13.8 Å². The van der Waals surface area contributed by atoms with Crippen molar-refractivity contribution in [2.24, 2.45) is 0 Å². The number of nitro benzene ring substituents is 1. The van der Waals surface area contributed by atoms with E-state index in [1.54, 1.807) is 12.1 Å². The summed E-state index contributed by atoms with van der Waals surface area (Å²) in [6.45, 7) is 3.64. The molecule has 0 aliphatic rings. The lowest BCUT2D eigenvalue weighted by Gasteiger charge is -2.06. The van der Waals surface area contributed by atoms with E-state index in [1.165, 1.54) is 12.1 Å². The van der Waals surface area contributed by atoms with Crippen molar-refractivity contribution in [1.29, 1.82) is 0 Å². The number of nitro groups is 1. The van der Waals surface area contributed by atoms with Crippen LogP contribution in [-0.4, -0.2) is 4.92 Å². The van der Waals surface area contributed by atoms with Gasteiger partial charge in [0.25, 0.3) is 5.69 Å². The minimum Gasteiger partial charge on any atom is -0.484 e. The number of hydrogen-bond donors (Lipinski definition) is 0. The van der Waals surface area contributed by atoms with E-state index < -0.39 is 4.92 Å². The molecule has 0 aromatic heterocycles. The van der Waals surface area contributed by atoms with Gasteiger partial charge in [0.05, 0.1) is 4.92 Å². The fraction of sp³-hybridized carbons (Fsp3) is 0.222. The summed E-state index contributed by atoms with van der Waals surface area (Å²) in [5, 5.41) is 10.3. The second-order valence-corrected chi connectivity index (χ2v) is 2.76. The van der Waals surface area contributed by atoms with Crippen LogP contribution in [0.3, 0.4) is 0 Å². The molecule has 0 fully saturated rings. The maximum atomic E-state index is 10.3. The highest BCUT2D eigenvalue weighted by Gasteiger charge is 2.04. The highest BCUT2D eigenvalue weighted by molar-refractivity contribution is 5.36. The summed E-state index contributed by atoms with van der Waals surface area (Å²) in [6.07, 6.45) is 0.800. The number of rotatable bonds is 3. The minimum absolute atomic E-state index is 0.0705. The zero-order chi connectivity index (χ0) is 9.84. The maximum Gasteiger partial charge on any atom is 0.269 e. The molecule has 0 atom stereocenters. The molecule has 0 amide bonds. The molecule has 4 heteroatoms. The second kappa shape index (κ2) is 3.89. The normalized spacial score (nSPS) is 10.1. The van der Waals surface area contributed by atoms with Crippen LogP contribution in [0.25, 0.3) is 0 Å². The predicted octanol–water partition coefficient (Wildman–Crippen LogP) is 2.55. The molecule has 1 aromatic carbocycles. The van der Waals surface area contributed by atoms with Crippen molar-refractivity contribution in [3.63, 3.8) is 0 Å². The van der Waals surface area contributed by atoms with Crippen molar-refractivity contribution in [1.82, 2.24) is 0 Å². The summed E-state index contributed by atoms with van der Waals surface area (Å²) < 4.78 is 5.24. The molecule has 1 rings (SSSR count). The van der Waals surface area contributed by atoms with E-state index in [4.69, 9.17) is 4.74 Å². The van der Waals surface area contributed by atoms with Crippen LogP contribution in [0, 0.1) is 16.2 Å². The first kappa shape index (κ1) is 9.51. The average molecular weight is 180 g/mol. The van der Waals surface area contributed by atoms with Crippen LogP contribution >= 0.6 is 0 Å². The second-order valence-electron chi connectivity index (χ2n) is 2.76. The van der Waals surface area contributed by atoms with Gasteiger partial charge in [-0.25, -0.2) is 0 Å². The monoisotopic (exact) mass is 180 g/mol. The first-order valence-electron chi connectivity index (χ1n) is 3.82. The molecule has 1 aromatic rings. The molecule has 0 heterocycles. The van der Waals surface area contributed by atoms with E-state index in [0.717, 1.165) is 6.10 Å². The number of ether oxygens (including phenoxy) is 1. The Morgan fingerprint density at radius 2 is 1.85 bits per heavy atom. The molecule has 0 saturated carbocycles. The Morgan fingerprint density at radius 1 is 1.31 bits per heavy atom. The van der Waals surface area contributed by atoms with Crippen molar-refractivity contribution in [2.45, 2.75) is 13.8 Å². The quantitative estimate of drug-likeness (QED) is 0.530. The number of hydrogen-bond acceptors (Lipinski definition) is 3. The van der Waals surface area contributed by atoms with E-state index in [-0.39, 0.29) is 5.69 Å². The van der Waals surface area contributed by atoms with E-state index in [9.17, 15) is 10.1 Å². The van der Waals surface area contributed by atoms with Crippen molar-refractivity contribution < 1.29 is 9.66 Å². The van der Waals surface area contributed by atoms with Gasteiger partial charge in [0.1, 0.15) is 11.9 Å². The Balaban J connectivity index is 2.75. The third kappa shape index (κ3) is 2.74. The largest absolute Gasteiger partial charge is 0.484 e. The molecule has 1 radical (unpaired) electrons. The lowest BCUT2D eigenvalue weighted by Crippen LogP contribution is -1.96. The SMILES string of the molecule is C[C](C)Oc1ccc([N+](=O)[O-])cc1. The van der Waals surface area contributed by atoms with Gasteiger partial charge in [0.2, 0.25) is 0 Å². The molecule has 0 spiro atoms. The van der Waals surface area contributed by atoms with Gasteiger partial charge in [0, 0.05) is 12.1 Å². The van der Waals surface area contributed by atoms with Crippen molar-refractivity contribution in [3.8, 4) is 5.75 Å². The van der Waals surface area contributed by atoms with Gasteiger partial charge in [-0.3, -0.25) is 10.1 Å². The van der Waals surface area contributed by atoms with Gasteiger partial charge >= 0.3 is 0 Å². The summed E-state index contributed by atoms with van der Waals surface area (Å²) in [7, 11) is 0. The number of benzene rings is 1. The summed E-state index contributed by atoms with van der Waals surface area (Å²) >= 11 is 0. The third-order valence-corrected chi connectivity index (χ3v) is 1.37. The van der Waals surface area contributed by atoms with Gasteiger partial charge in [-0.2, -0.15) is 0 Å². The molecule has 0 saturated heterocycles. The topological polar surface area (TPSA) is 52.4 Å². The molecule has 0 aliphatic carbocycles. The lowest BCUT2D eigenvalue weighted by atomic mass is 10.3. The smallest absolute Gasteiger partial charge is 0.269 e. The van der Waals surface area contributed by atoms with Gasteiger partial charge in [-0.1, -0.05) is 0 Å². The number of non-ortho nitro benzene ring substituents is 1. The predicted molar refractivity (Wildman–Crippen MR) is 48.3 cm³/mol. The Morgan fingerprint density at radius 3 is 2.23 bits per heavy atom. The van der Waals surface area contributed by atoms with Crippen LogP contribution in [-0.2, 0) is 0 Å². The summed E-state index contributed by atoms with van der Waals surface area (Å²) in [5.41, 5.74) is 0.0705. The molecule has 0 unspecified atom stereocenters. The van der Waals surface area contributed by atoms with Crippen LogP contribution in [0.2, 0.25) is 0 Å². The van der Waals surface area contributed by atoms with Crippen LogP contribution in [0.15, 0.2) is 24.3 Å². The van der Waals surface area contributed by atoms with Crippen LogP contribution in [0.5, 0.6) is 5.75 Å². The molecule has 0 aliphatic heterocycles. The first-order valence-corrected chi connectivity index (χ1v) is 3.82. The lowest BCUT2D eigenvalue weighted by molar-refractivity contribution is -0.384. The van der Waals surface area contributed by atoms with Crippen LogP contribution < -0.4 is 4.74 Å². The maximum absolute atomic E-state index is 10.3. The van der Waals surface area contributed by atoms with Gasteiger partial charge in [-0.15, -0.1) is 0 Å². The van der Waals surface area contributed by atoms with Gasteiger partial charge < -0.3 is 4.74 Å². The van der Waals surface area contributed by atoms with E-state index in [1.807, 2.05) is 13.8 Å². The van der Waals surface area contributed by atoms with E-state index in [2.05, 4.69) is 0 Å². The molecule has 4 nitrogen and oxygen atoms in total. The van der Waals surface area contributed by atoms with Gasteiger partial charge in [-0.05, 0) is 26.0 Å². The highest BCUT2D eigenvalue weighted by atomic mass is 16.6. The minimum atomic E-state index is -0.438. The summed E-state index contributed by atoms with van der Waals surface area (Å²) in [4.78, 5) is 9.86. The Kier molecular flexibility index (Phi) is 2.84. The zero-order valence-corrected chi connectivity index (χ0v) is 7.48. The molecule has 69 valence electrons. The molecular weight excluding hydrogens is 170 g/mol. The third-order valence-electron chi connectivity index (χ3n) is 1.37. The van der Waals surface area contributed by atoms with Crippen molar-refractivity contribution >= 4 is 5.69 Å². The first-order chi connectivity index (χ1) is 6.09. The fourth-order valence-electron chi connectivity index (χ4n) is 0.872. The van der Waals surface area contributed by atoms with Crippen molar-refractivity contribution in [3.05, 3.63) is 40.5 Å². The van der Waals surface area contributed by atoms with E-state index in [0.29, 0.717) is 5.75 Å². The molecular formula is C9H10NO3. The van der Waals surface area contributed by atoms with Crippen molar-refractivity contribution in [2.75, 3.05) is 0 Å². The van der Waals surface area contributed by atoms with E-state index >= 15 is 0 Å². The Hall–Kier alpha value is -1.58. The number of nitrogens with zero attached hydrogens (tertiary/aromatic N) is 1. The average Bonchev–Trinajstić information content (AvgIpc) is 2.04. The standard InChI is InChI=1S/C9H10NO3/c1-7(2)13-9-5-3-8(4-6-9)10(11)12/h3-6H,1-2H3. The summed E-state index contributed by atoms with van der Waals surface area (Å²) in [5.74, 6) is 0.616. The molecule has 0 N–H and O–H groups in total. The molecule has 13 heavy (non-hydrogen) atoms. The Labute approximate surface area is 76.3 Å².